The highest BCUT2D eigenvalue weighted by Crippen LogP contribution is 2.28. The van der Waals surface area contributed by atoms with Crippen molar-refractivity contribution in [3.8, 4) is 28.3 Å². The molecule has 7 heteroatoms. The molecule has 0 spiro atoms. The van der Waals surface area contributed by atoms with Gasteiger partial charge in [0.2, 0.25) is 0 Å². The fourth-order valence-corrected chi connectivity index (χ4v) is 3.63. The van der Waals surface area contributed by atoms with E-state index in [4.69, 9.17) is 16.7 Å². The fraction of sp³-hybridized carbons (Fsp3) is 0.0476. The van der Waals surface area contributed by atoms with E-state index in [1.165, 1.54) is 6.26 Å². The van der Waals surface area contributed by atoms with Gasteiger partial charge >= 0.3 is 0 Å². The number of aromatic nitrogens is 3. The summed E-state index contributed by atoms with van der Waals surface area (Å²) in [6.45, 7) is 0. The first kappa shape index (κ1) is 18.4. The van der Waals surface area contributed by atoms with Crippen LogP contribution in [0.2, 0.25) is 5.02 Å². The van der Waals surface area contributed by atoms with Crippen molar-refractivity contribution >= 4 is 21.4 Å². The minimum absolute atomic E-state index is 0.265. The molecular formula is C21H16ClN3O2S. The summed E-state index contributed by atoms with van der Waals surface area (Å²) in [5.41, 5.74) is 4.01. The van der Waals surface area contributed by atoms with Crippen LogP contribution in [0.25, 0.3) is 28.3 Å². The third-order valence-corrected chi connectivity index (χ3v) is 5.67. The predicted octanol–water partition coefficient (Wildman–Crippen LogP) is 4.66. The molecule has 0 aliphatic rings. The maximum absolute atomic E-state index is 11.7. The first-order chi connectivity index (χ1) is 13.4. The van der Waals surface area contributed by atoms with Gasteiger partial charge in [-0.15, -0.1) is 0 Å². The van der Waals surface area contributed by atoms with Crippen LogP contribution in [-0.4, -0.2) is 29.4 Å². The monoisotopic (exact) mass is 409 g/mol. The van der Waals surface area contributed by atoms with Crippen LogP contribution in [0.15, 0.2) is 83.9 Å². The number of pyridine rings is 1. The molecule has 0 bridgehead atoms. The molecule has 0 atom stereocenters. The van der Waals surface area contributed by atoms with Crippen LogP contribution in [0.1, 0.15) is 0 Å². The van der Waals surface area contributed by atoms with Crippen molar-refractivity contribution in [3.63, 3.8) is 0 Å². The highest BCUT2D eigenvalue weighted by molar-refractivity contribution is 7.90. The SMILES string of the molecule is CS(=O)(=O)c1ccc(-n2nc(-c3ccc(Cl)cc3)cc2-c2ccccn2)cc1. The van der Waals surface area contributed by atoms with E-state index in [0.29, 0.717) is 5.02 Å². The van der Waals surface area contributed by atoms with Crippen LogP contribution in [-0.2, 0) is 9.84 Å². The molecule has 2 heterocycles. The van der Waals surface area contributed by atoms with E-state index in [0.717, 1.165) is 28.3 Å². The Morgan fingerprint density at radius 3 is 2.21 bits per heavy atom. The van der Waals surface area contributed by atoms with Crippen molar-refractivity contribution in [3.05, 3.63) is 84.0 Å². The van der Waals surface area contributed by atoms with Gasteiger partial charge in [0.05, 0.1) is 27.7 Å². The molecule has 0 amide bonds. The van der Waals surface area contributed by atoms with Gasteiger partial charge in [-0.05, 0) is 54.6 Å². The number of nitrogens with zero attached hydrogens (tertiary/aromatic N) is 3. The number of benzene rings is 2. The topological polar surface area (TPSA) is 64.8 Å². The fourth-order valence-electron chi connectivity index (χ4n) is 2.87. The first-order valence-electron chi connectivity index (χ1n) is 8.50. The molecule has 5 nitrogen and oxygen atoms in total. The van der Waals surface area contributed by atoms with Crippen LogP contribution in [0.3, 0.4) is 0 Å². The molecule has 0 saturated heterocycles. The summed E-state index contributed by atoms with van der Waals surface area (Å²) in [6.07, 6.45) is 2.91. The number of halogens is 1. The molecule has 140 valence electrons. The van der Waals surface area contributed by atoms with Crippen molar-refractivity contribution in [2.75, 3.05) is 6.26 Å². The molecule has 2 aromatic heterocycles. The molecule has 4 rings (SSSR count). The Kier molecular flexibility index (Phi) is 4.75. The second-order valence-corrected chi connectivity index (χ2v) is 8.77. The predicted molar refractivity (Wildman–Crippen MR) is 110 cm³/mol. The lowest BCUT2D eigenvalue weighted by atomic mass is 10.1. The molecule has 0 radical (unpaired) electrons. The van der Waals surface area contributed by atoms with Crippen LogP contribution >= 0.6 is 11.6 Å². The molecule has 0 unspecified atom stereocenters. The van der Waals surface area contributed by atoms with Gasteiger partial charge in [0.1, 0.15) is 0 Å². The van der Waals surface area contributed by atoms with E-state index >= 15 is 0 Å². The zero-order chi connectivity index (χ0) is 19.7. The van der Waals surface area contributed by atoms with E-state index in [9.17, 15) is 8.42 Å². The van der Waals surface area contributed by atoms with Crippen LogP contribution in [0.4, 0.5) is 0 Å². The van der Waals surface area contributed by atoms with Crippen molar-refractivity contribution < 1.29 is 8.42 Å². The minimum atomic E-state index is -3.26. The zero-order valence-corrected chi connectivity index (χ0v) is 16.5. The van der Waals surface area contributed by atoms with Crippen molar-refractivity contribution in [2.24, 2.45) is 0 Å². The normalized spacial score (nSPS) is 11.5. The molecule has 0 saturated carbocycles. The second-order valence-electron chi connectivity index (χ2n) is 6.31. The largest absolute Gasteiger partial charge is 0.255 e. The molecule has 28 heavy (non-hydrogen) atoms. The Morgan fingerprint density at radius 2 is 1.61 bits per heavy atom. The molecule has 0 fully saturated rings. The third-order valence-electron chi connectivity index (χ3n) is 4.29. The third kappa shape index (κ3) is 3.69. The molecule has 0 aliphatic carbocycles. The maximum Gasteiger partial charge on any atom is 0.175 e. The van der Waals surface area contributed by atoms with Gasteiger partial charge in [0.15, 0.2) is 9.84 Å². The average molecular weight is 410 g/mol. The molecule has 0 aliphatic heterocycles. The maximum atomic E-state index is 11.7. The van der Waals surface area contributed by atoms with Gasteiger partial charge in [-0.25, -0.2) is 13.1 Å². The lowest BCUT2D eigenvalue weighted by molar-refractivity contribution is 0.602. The summed E-state index contributed by atoms with van der Waals surface area (Å²) in [4.78, 5) is 4.70. The van der Waals surface area contributed by atoms with Gasteiger partial charge < -0.3 is 0 Å². The highest BCUT2D eigenvalue weighted by atomic mass is 35.5. The lowest BCUT2D eigenvalue weighted by Crippen LogP contribution is -2.02. The Labute approximate surface area is 168 Å². The van der Waals surface area contributed by atoms with Crippen molar-refractivity contribution in [2.45, 2.75) is 4.90 Å². The Bertz CT molecular complexity index is 1220. The van der Waals surface area contributed by atoms with Gasteiger partial charge in [0.25, 0.3) is 0 Å². The van der Waals surface area contributed by atoms with Crippen molar-refractivity contribution in [1.82, 2.24) is 14.8 Å². The summed E-state index contributed by atoms with van der Waals surface area (Å²) in [5, 5.41) is 5.39. The van der Waals surface area contributed by atoms with Crippen LogP contribution in [0.5, 0.6) is 0 Å². The summed E-state index contributed by atoms with van der Waals surface area (Å²) >= 11 is 5.99. The highest BCUT2D eigenvalue weighted by Gasteiger charge is 2.15. The van der Waals surface area contributed by atoms with E-state index in [1.807, 2.05) is 48.5 Å². The quantitative estimate of drug-likeness (QED) is 0.491. The summed E-state index contributed by atoms with van der Waals surface area (Å²) in [5.74, 6) is 0. The summed E-state index contributed by atoms with van der Waals surface area (Å²) in [6, 6.07) is 21.7. The first-order valence-corrected chi connectivity index (χ1v) is 10.8. The summed E-state index contributed by atoms with van der Waals surface area (Å²) in [7, 11) is -3.26. The van der Waals surface area contributed by atoms with Gasteiger partial charge in [0, 0.05) is 23.0 Å². The zero-order valence-electron chi connectivity index (χ0n) is 14.9. The standard InChI is InChI=1S/C21H16ClN3O2S/c1-28(26,27)18-11-9-17(10-12-18)25-21(19-4-2-3-13-23-19)14-20(24-25)15-5-7-16(22)8-6-15/h2-14H,1H3. The molecule has 0 N–H and O–H groups in total. The second kappa shape index (κ2) is 7.22. The molecule has 2 aromatic carbocycles. The average Bonchev–Trinajstić information content (AvgIpc) is 3.14. The number of sulfone groups is 1. The van der Waals surface area contributed by atoms with E-state index in [2.05, 4.69) is 4.98 Å². The van der Waals surface area contributed by atoms with Gasteiger partial charge in [-0.2, -0.15) is 5.10 Å². The van der Waals surface area contributed by atoms with Crippen molar-refractivity contribution in [1.29, 1.82) is 0 Å². The van der Waals surface area contributed by atoms with Gasteiger partial charge in [-0.1, -0.05) is 29.8 Å². The molecule has 4 aromatic rings. The minimum Gasteiger partial charge on any atom is -0.255 e. The summed E-state index contributed by atoms with van der Waals surface area (Å²) < 4.78 is 25.2. The van der Waals surface area contributed by atoms with Crippen LogP contribution < -0.4 is 0 Å². The number of hydrogen-bond acceptors (Lipinski definition) is 4. The number of hydrogen-bond donors (Lipinski definition) is 0. The lowest BCUT2D eigenvalue weighted by Gasteiger charge is -2.08. The Hall–Kier alpha value is -2.96. The number of rotatable bonds is 4. The van der Waals surface area contributed by atoms with E-state index in [1.54, 1.807) is 35.1 Å². The smallest absolute Gasteiger partial charge is 0.175 e. The van der Waals surface area contributed by atoms with Crippen LogP contribution in [0, 0.1) is 0 Å². The Morgan fingerprint density at radius 1 is 0.893 bits per heavy atom. The molecular weight excluding hydrogens is 394 g/mol. The van der Waals surface area contributed by atoms with E-state index in [-0.39, 0.29) is 4.90 Å². The van der Waals surface area contributed by atoms with E-state index < -0.39 is 9.84 Å². The van der Waals surface area contributed by atoms with Gasteiger partial charge in [-0.3, -0.25) is 4.98 Å². The Balaban J connectivity index is 1.86.